The van der Waals surface area contributed by atoms with E-state index in [9.17, 15) is 0 Å². The number of para-hydroxylation sites is 7. The van der Waals surface area contributed by atoms with Crippen molar-refractivity contribution < 1.29 is 9.47 Å². The molecule has 4 atom stereocenters. The Kier molecular flexibility index (Phi) is 17.8. The lowest BCUT2D eigenvalue weighted by molar-refractivity contribution is 0.374. The molecule has 0 bridgehead atoms. The lowest BCUT2D eigenvalue weighted by atomic mass is 9.61. The lowest BCUT2D eigenvalue weighted by Gasteiger charge is -2.43. The summed E-state index contributed by atoms with van der Waals surface area (Å²) in [4.78, 5) is 10.2. The molecule has 0 N–H and O–H groups in total. The van der Waals surface area contributed by atoms with Gasteiger partial charge in [0, 0.05) is 120 Å². The van der Waals surface area contributed by atoms with Crippen molar-refractivity contribution in [1.82, 2.24) is 9.13 Å². The van der Waals surface area contributed by atoms with Gasteiger partial charge in [-0.1, -0.05) is 388 Å². The van der Waals surface area contributed by atoms with Gasteiger partial charge in [0.15, 0.2) is 0 Å². The van der Waals surface area contributed by atoms with Gasteiger partial charge in [-0.25, -0.2) is 0 Å². The Bertz CT molecular complexity index is 9990. The van der Waals surface area contributed by atoms with E-state index in [0.29, 0.717) is 0 Å². The van der Waals surface area contributed by atoms with Crippen LogP contribution in [0.25, 0.3) is 111 Å². The Labute approximate surface area is 876 Å². The number of aromatic nitrogens is 2. The van der Waals surface area contributed by atoms with Crippen LogP contribution < -0.4 is 19.3 Å². The van der Waals surface area contributed by atoms with Crippen LogP contribution in [-0.4, -0.2) is 9.13 Å². The van der Waals surface area contributed by atoms with Gasteiger partial charge in [0.05, 0.1) is 55.1 Å². The second kappa shape index (κ2) is 31.7. The van der Waals surface area contributed by atoms with Crippen molar-refractivity contribution in [2.45, 2.75) is 47.2 Å². The summed E-state index contributed by atoms with van der Waals surface area (Å²) in [5.41, 5.74) is 41.7. The smallest absolute Gasteiger partial charge is 0.132 e. The molecule has 0 saturated heterocycles. The summed E-state index contributed by atoms with van der Waals surface area (Å²) in [6, 6.07) is 189. The molecule has 0 saturated carbocycles. The molecule has 24 aromatic rings. The molecule has 150 heavy (non-hydrogen) atoms. The lowest BCUT2D eigenvalue weighted by Crippen LogP contribution is -2.37. The maximum absolute atomic E-state index is 7.50. The van der Waals surface area contributed by atoms with Crippen LogP contribution in [0.3, 0.4) is 0 Å². The zero-order chi connectivity index (χ0) is 98.0. The third-order valence-corrected chi connectivity index (χ3v) is 36.7. The van der Waals surface area contributed by atoms with E-state index in [0.717, 1.165) is 130 Å². The van der Waals surface area contributed by atoms with E-state index in [1.807, 2.05) is 23.5 Å². The van der Waals surface area contributed by atoms with Crippen molar-refractivity contribution in [3.05, 3.63) is 611 Å². The zero-order valence-corrected chi connectivity index (χ0v) is 82.9. The van der Waals surface area contributed by atoms with Crippen molar-refractivity contribution in [2.24, 2.45) is 5.92 Å². The number of fused-ring (bicyclic) bond motifs is 42. The Hall–Kier alpha value is -18.2. The first-order valence-electron chi connectivity index (χ1n) is 52.1. The number of rotatable bonds is 10. The third-order valence-electron chi connectivity index (χ3n) is 34.4. The summed E-state index contributed by atoms with van der Waals surface area (Å²) in [5, 5.41) is 4.83. The average molecular weight is 1950 g/mol. The van der Waals surface area contributed by atoms with Crippen LogP contribution in [0, 0.1) is 5.92 Å². The molecule has 0 radical (unpaired) electrons. The first kappa shape index (κ1) is 84.1. The van der Waals surface area contributed by atoms with Crippen molar-refractivity contribution >= 4 is 101 Å². The van der Waals surface area contributed by atoms with Gasteiger partial charge < -0.3 is 28.4 Å². The van der Waals surface area contributed by atoms with Gasteiger partial charge in [-0.3, -0.25) is 0 Å². The molecular formula is C142H88N4O2S2. The highest BCUT2D eigenvalue weighted by Gasteiger charge is 2.60. The summed E-state index contributed by atoms with van der Waals surface area (Å²) in [6.45, 7) is 0. The van der Waals surface area contributed by atoms with Gasteiger partial charge in [0.2, 0.25) is 0 Å². The Balaban J connectivity index is 0.574. The van der Waals surface area contributed by atoms with Crippen molar-refractivity contribution in [3.63, 3.8) is 0 Å². The minimum Gasteiger partial charge on any atom is -0.457 e. The molecule has 4 unspecified atom stereocenters. The van der Waals surface area contributed by atoms with E-state index in [-0.39, 0.29) is 11.8 Å². The number of allylic oxidation sites excluding steroid dienone is 4. The zero-order valence-electron chi connectivity index (χ0n) is 81.2. The van der Waals surface area contributed by atoms with Crippen LogP contribution in [0.15, 0.2) is 541 Å². The maximum atomic E-state index is 7.50. The second-order valence-electron chi connectivity index (χ2n) is 41.3. The van der Waals surface area contributed by atoms with Crippen LogP contribution in [0.5, 0.6) is 23.0 Å². The van der Waals surface area contributed by atoms with E-state index in [4.69, 9.17) is 9.47 Å². The molecule has 0 amide bonds. The minimum atomic E-state index is -0.783. The van der Waals surface area contributed by atoms with E-state index in [1.165, 1.54) is 147 Å². The number of anilines is 6. The molecule has 5 aliphatic carbocycles. The van der Waals surface area contributed by atoms with E-state index in [2.05, 4.69) is 541 Å². The third kappa shape index (κ3) is 11.2. The molecule has 9 aliphatic rings. The highest BCUT2D eigenvalue weighted by molar-refractivity contribution is 7.99. The standard InChI is InChI=1S/C142H88N4O2S2/c1-3-35-91(36-4-1)145-123-58-23-11-42-101(123)103-74-68-89(82-127(103)145)87-34-31-39-93(80-87)143(125-60-32-56-118-137(125)105-44-9-15-48-109(105)141(118)114-53-20-28-65-133(114)149-134-66-29-21-54-115(134)141)94-71-76-100-98-41-8-14-47-108(98)140(121(100)85-94)113-52-19-27-64-131(113)148-132-79-70-88(81-122(132)140)90-69-78-117-136(83-90)150-135-67-30-22-55-116(135)142(117)110-49-16-10-45-106(110)138-119(142)57-33-61-126(138)144(96-73-77-104-102-43-12-24-59-124(102)146(128(104)86-96)92-37-5-2-6-38-92)95-72-75-99-97-40-7-13-46-107(97)139(120(99)84-95)111-50-17-25-62-129(111)147-130-63-26-18-51-112(130)139/h1-86,98,108H. The van der Waals surface area contributed by atoms with Gasteiger partial charge >= 0.3 is 0 Å². The number of nitrogens with zero attached hydrogens (tertiary/aromatic N) is 4. The summed E-state index contributed by atoms with van der Waals surface area (Å²) in [5.74, 6) is 3.40. The van der Waals surface area contributed by atoms with Crippen LogP contribution >= 0.6 is 23.5 Å². The summed E-state index contributed by atoms with van der Waals surface area (Å²) in [7, 11) is 0. The Morgan fingerprint density at radius 1 is 0.220 bits per heavy atom. The molecule has 22 aromatic carbocycles. The predicted octanol–water partition coefficient (Wildman–Crippen LogP) is 36.6. The number of hydrogen-bond donors (Lipinski definition) is 0. The molecule has 8 heteroatoms. The van der Waals surface area contributed by atoms with Gasteiger partial charge in [-0.2, -0.15) is 0 Å². The second-order valence-corrected chi connectivity index (χ2v) is 43.4. The van der Waals surface area contributed by atoms with Crippen LogP contribution in [0.2, 0.25) is 0 Å². The summed E-state index contributed by atoms with van der Waals surface area (Å²) < 4.78 is 19.4. The molecule has 4 spiro atoms. The minimum absolute atomic E-state index is 0.0149. The fourth-order valence-corrected chi connectivity index (χ4v) is 31.1. The Morgan fingerprint density at radius 2 is 0.613 bits per heavy atom. The van der Waals surface area contributed by atoms with E-state index < -0.39 is 21.7 Å². The Morgan fingerprint density at radius 3 is 1.23 bits per heavy atom. The molecule has 700 valence electrons. The quantitative estimate of drug-likeness (QED) is 0.136. The van der Waals surface area contributed by atoms with Crippen LogP contribution in [0.4, 0.5) is 34.1 Å². The van der Waals surface area contributed by atoms with E-state index >= 15 is 0 Å². The highest BCUT2D eigenvalue weighted by atomic mass is 32.2. The van der Waals surface area contributed by atoms with Crippen molar-refractivity contribution in [1.29, 1.82) is 0 Å². The first-order chi connectivity index (χ1) is 74.4. The largest absolute Gasteiger partial charge is 0.457 e. The van der Waals surface area contributed by atoms with Gasteiger partial charge in [0.1, 0.15) is 23.0 Å². The summed E-state index contributed by atoms with van der Waals surface area (Å²) in [6.07, 6.45) is 9.57. The topological polar surface area (TPSA) is 34.8 Å². The fraction of sp³-hybridized carbons (Fsp3) is 0.0423. The number of ether oxygens (including phenoxy) is 2. The fourth-order valence-electron chi connectivity index (χ4n) is 28.7. The van der Waals surface area contributed by atoms with Crippen molar-refractivity contribution in [3.8, 4) is 90.0 Å². The monoisotopic (exact) mass is 1940 g/mol. The molecule has 33 rings (SSSR count). The van der Waals surface area contributed by atoms with Gasteiger partial charge in [0.25, 0.3) is 0 Å². The average Bonchev–Trinajstić information content (AvgIpc) is 1.51. The maximum Gasteiger partial charge on any atom is 0.132 e. The van der Waals surface area contributed by atoms with E-state index in [1.54, 1.807) is 0 Å². The molecule has 2 aromatic heterocycles. The highest BCUT2D eigenvalue weighted by Crippen LogP contribution is 2.72. The predicted molar refractivity (Wildman–Crippen MR) is 613 cm³/mol. The SMILES string of the molecule is C1=CC2c3ccc(N(c4cccc(-c5ccc6c7ccccc7n(-c7ccccc7)c6c5)c4)c4cccc5c4-c4ccccc4C54c5ccccc5Sc5ccccc54)cc3C3(c4ccccc4Oc4ccc(-c5ccc6c(c5)Sc5ccccc5C65c6ccccc6-c6c(N(c7ccc8c(c7)C7(c9ccccc9Oc9ccccc97)c7ccccc7-8)c7ccc8c9ccccc9n(-c9ccccc9)c8c7)cccc65)cc43)C2C=C1. The van der Waals surface area contributed by atoms with Crippen LogP contribution in [-0.2, 0) is 21.7 Å². The van der Waals surface area contributed by atoms with Crippen molar-refractivity contribution in [2.75, 3.05) is 9.80 Å². The summed E-state index contributed by atoms with van der Waals surface area (Å²) >= 11 is 3.78. The first-order valence-corrected chi connectivity index (χ1v) is 53.7. The van der Waals surface area contributed by atoms with Gasteiger partial charge in [-0.15, -0.1) is 0 Å². The molecular weight excluding hydrogens is 1860 g/mol. The van der Waals surface area contributed by atoms with Crippen LogP contribution in [0.1, 0.15) is 94.9 Å². The molecule has 6 heterocycles. The molecule has 0 fully saturated rings. The van der Waals surface area contributed by atoms with Gasteiger partial charge in [-0.05, 0) is 269 Å². The molecule has 6 nitrogen and oxygen atoms in total. The normalized spacial score (nSPS) is 17.1. The molecule has 4 aliphatic heterocycles. The number of benzene rings is 22. The number of hydrogen-bond acceptors (Lipinski definition) is 6.